The third kappa shape index (κ3) is 1.74. The summed E-state index contributed by atoms with van der Waals surface area (Å²) in [5.74, 6) is 0. The summed E-state index contributed by atoms with van der Waals surface area (Å²) >= 11 is 5.96. The van der Waals surface area contributed by atoms with Gasteiger partial charge in [0.1, 0.15) is 0 Å². The SMILES string of the molecule is CCOCc1cc(Cl)cc2cncn12. The van der Waals surface area contributed by atoms with Gasteiger partial charge in [-0.1, -0.05) is 11.6 Å². The van der Waals surface area contributed by atoms with Crippen molar-refractivity contribution in [2.24, 2.45) is 0 Å². The first-order valence-electron chi connectivity index (χ1n) is 4.49. The first-order valence-corrected chi connectivity index (χ1v) is 4.87. The average Bonchev–Trinajstić information content (AvgIpc) is 2.61. The topological polar surface area (TPSA) is 26.5 Å². The lowest BCUT2D eigenvalue weighted by atomic mass is 10.3. The van der Waals surface area contributed by atoms with Crippen molar-refractivity contribution < 1.29 is 4.74 Å². The number of imidazole rings is 1. The van der Waals surface area contributed by atoms with Gasteiger partial charge in [-0.15, -0.1) is 0 Å². The zero-order chi connectivity index (χ0) is 9.97. The highest BCUT2D eigenvalue weighted by Gasteiger charge is 2.02. The maximum Gasteiger partial charge on any atom is 0.0995 e. The first-order chi connectivity index (χ1) is 6.81. The van der Waals surface area contributed by atoms with Crippen molar-refractivity contribution in [1.82, 2.24) is 9.38 Å². The van der Waals surface area contributed by atoms with E-state index in [9.17, 15) is 0 Å². The molecule has 0 unspecified atom stereocenters. The van der Waals surface area contributed by atoms with Gasteiger partial charge in [0.25, 0.3) is 0 Å². The minimum atomic E-state index is 0.559. The van der Waals surface area contributed by atoms with Gasteiger partial charge in [0.2, 0.25) is 0 Å². The Morgan fingerprint density at radius 1 is 1.50 bits per heavy atom. The van der Waals surface area contributed by atoms with E-state index in [1.165, 1.54) is 0 Å². The van der Waals surface area contributed by atoms with Crippen LogP contribution in [0.25, 0.3) is 5.52 Å². The second kappa shape index (κ2) is 3.98. The molecule has 0 aliphatic heterocycles. The molecule has 2 rings (SSSR count). The van der Waals surface area contributed by atoms with Crippen molar-refractivity contribution >= 4 is 17.1 Å². The van der Waals surface area contributed by atoms with Crippen LogP contribution in [-0.4, -0.2) is 16.0 Å². The van der Waals surface area contributed by atoms with Crippen LogP contribution in [0.5, 0.6) is 0 Å². The molecule has 0 aromatic carbocycles. The average molecular weight is 211 g/mol. The van der Waals surface area contributed by atoms with E-state index in [4.69, 9.17) is 16.3 Å². The lowest BCUT2D eigenvalue weighted by Gasteiger charge is -2.06. The van der Waals surface area contributed by atoms with E-state index in [1.807, 2.05) is 23.5 Å². The minimum absolute atomic E-state index is 0.559. The summed E-state index contributed by atoms with van der Waals surface area (Å²) in [4.78, 5) is 4.06. The molecule has 0 atom stereocenters. The molecule has 4 heteroatoms. The number of hydrogen-bond donors (Lipinski definition) is 0. The smallest absolute Gasteiger partial charge is 0.0995 e. The molecule has 0 aliphatic carbocycles. The fraction of sp³-hybridized carbons (Fsp3) is 0.300. The van der Waals surface area contributed by atoms with Crippen LogP contribution in [-0.2, 0) is 11.3 Å². The van der Waals surface area contributed by atoms with Gasteiger partial charge in [0.05, 0.1) is 30.3 Å². The molecule has 0 saturated carbocycles. The number of rotatable bonds is 3. The molecule has 2 aromatic heterocycles. The van der Waals surface area contributed by atoms with Gasteiger partial charge < -0.3 is 9.14 Å². The number of ether oxygens (including phenoxy) is 1. The Morgan fingerprint density at radius 2 is 2.36 bits per heavy atom. The normalized spacial score (nSPS) is 11.0. The van der Waals surface area contributed by atoms with Crippen LogP contribution in [0.15, 0.2) is 24.7 Å². The lowest BCUT2D eigenvalue weighted by Crippen LogP contribution is -1.99. The predicted octanol–water partition coefficient (Wildman–Crippen LogP) is 2.52. The summed E-state index contributed by atoms with van der Waals surface area (Å²) in [6, 6.07) is 3.77. The molecule has 14 heavy (non-hydrogen) atoms. The molecule has 74 valence electrons. The molecule has 0 saturated heterocycles. The number of halogens is 1. The zero-order valence-corrected chi connectivity index (χ0v) is 8.66. The second-order valence-electron chi connectivity index (χ2n) is 2.99. The Bertz CT molecular complexity index is 439. The molecule has 3 nitrogen and oxygen atoms in total. The van der Waals surface area contributed by atoms with Crippen LogP contribution in [0, 0.1) is 0 Å². The Kier molecular flexibility index (Phi) is 2.70. The molecule has 0 N–H and O–H groups in total. The molecule has 0 amide bonds. The van der Waals surface area contributed by atoms with E-state index in [1.54, 1.807) is 12.5 Å². The predicted molar refractivity (Wildman–Crippen MR) is 55.5 cm³/mol. The summed E-state index contributed by atoms with van der Waals surface area (Å²) in [5.41, 5.74) is 2.01. The lowest BCUT2D eigenvalue weighted by molar-refractivity contribution is 0.130. The van der Waals surface area contributed by atoms with Gasteiger partial charge in [-0.05, 0) is 19.1 Å². The maximum atomic E-state index is 5.96. The quantitative estimate of drug-likeness (QED) is 0.778. The van der Waals surface area contributed by atoms with Crippen LogP contribution in [0.1, 0.15) is 12.6 Å². The van der Waals surface area contributed by atoms with Crippen LogP contribution in [0.4, 0.5) is 0 Å². The summed E-state index contributed by atoms with van der Waals surface area (Å²) in [7, 11) is 0. The van der Waals surface area contributed by atoms with Crippen LogP contribution in [0.3, 0.4) is 0 Å². The van der Waals surface area contributed by atoms with Gasteiger partial charge in [-0.3, -0.25) is 0 Å². The Hall–Kier alpha value is -1.06. The largest absolute Gasteiger partial charge is 0.376 e. The fourth-order valence-electron chi connectivity index (χ4n) is 1.38. The van der Waals surface area contributed by atoms with Gasteiger partial charge in [-0.2, -0.15) is 0 Å². The van der Waals surface area contributed by atoms with E-state index in [2.05, 4.69) is 4.98 Å². The van der Waals surface area contributed by atoms with Crippen LogP contribution < -0.4 is 0 Å². The molecule has 2 aromatic rings. The maximum absolute atomic E-state index is 5.96. The Morgan fingerprint density at radius 3 is 3.14 bits per heavy atom. The van der Waals surface area contributed by atoms with E-state index < -0.39 is 0 Å². The number of fused-ring (bicyclic) bond motifs is 1. The molecule has 0 fully saturated rings. The van der Waals surface area contributed by atoms with Crippen molar-refractivity contribution in [3.8, 4) is 0 Å². The molecule has 0 spiro atoms. The van der Waals surface area contributed by atoms with Crippen molar-refractivity contribution in [2.75, 3.05) is 6.61 Å². The van der Waals surface area contributed by atoms with Gasteiger partial charge in [0, 0.05) is 11.6 Å². The van der Waals surface area contributed by atoms with Crippen LogP contribution >= 0.6 is 11.6 Å². The summed E-state index contributed by atoms with van der Waals surface area (Å²) in [6.07, 6.45) is 3.54. The third-order valence-electron chi connectivity index (χ3n) is 2.02. The Labute approximate surface area is 87.3 Å². The molecule has 0 aliphatic rings. The molecular formula is C10H11ClN2O. The highest BCUT2D eigenvalue weighted by Crippen LogP contribution is 2.16. The molecular weight excluding hydrogens is 200 g/mol. The standard InChI is InChI=1S/C10H11ClN2O/c1-2-14-6-10-4-8(11)3-9-5-12-7-13(9)10/h3-5,7H,2,6H2,1H3. The van der Waals surface area contributed by atoms with E-state index >= 15 is 0 Å². The van der Waals surface area contributed by atoms with E-state index in [0.29, 0.717) is 18.2 Å². The van der Waals surface area contributed by atoms with Gasteiger partial charge in [-0.25, -0.2) is 4.98 Å². The molecule has 0 bridgehead atoms. The highest BCUT2D eigenvalue weighted by atomic mass is 35.5. The summed E-state index contributed by atoms with van der Waals surface area (Å²) < 4.78 is 7.32. The Balaban J connectivity index is 2.44. The van der Waals surface area contributed by atoms with Crippen molar-refractivity contribution in [1.29, 1.82) is 0 Å². The monoisotopic (exact) mass is 210 g/mol. The van der Waals surface area contributed by atoms with Crippen molar-refractivity contribution in [3.05, 3.63) is 35.4 Å². The summed E-state index contributed by atoms with van der Waals surface area (Å²) in [6.45, 7) is 3.22. The second-order valence-corrected chi connectivity index (χ2v) is 3.43. The summed E-state index contributed by atoms with van der Waals surface area (Å²) in [5, 5.41) is 0.715. The van der Waals surface area contributed by atoms with Crippen molar-refractivity contribution in [2.45, 2.75) is 13.5 Å². The number of nitrogens with zero attached hydrogens (tertiary/aromatic N) is 2. The molecule has 2 heterocycles. The van der Waals surface area contributed by atoms with Gasteiger partial charge in [0.15, 0.2) is 0 Å². The number of pyridine rings is 1. The highest BCUT2D eigenvalue weighted by molar-refractivity contribution is 6.30. The first kappa shape index (κ1) is 9.49. The fourth-order valence-corrected chi connectivity index (χ4v) is 1.62. The van der Waals surface area contributed by atoms with Crippen molar-refractivity contribution in [3.63, 3.8) is 0 Å². The van der Waals surface area contributed by atoms with Gasteiger partial charge >= 0.3 is 0 Å². The number of aromatic nitrogens is 2. The van der Waals surface area contributed by atoms with E-state index in [0.717, 1.165) is 11.2 Å². The third-order valence-corrected chi connectivity index (χ3v) is 2.24. The van der Waals surface area contributed by atoms with E-state index in [-0.39, 0.29) is 0 Å². The zero-order valence-electron chi connectivity index (χ0n) is 7.90. The molecule has 0 radical (unpaired) electrons. The number of hydrogen-bond acceptors (Lipinski definition) is 2. The van der Waals surface area contributed by atoms with Crippen LogP contribution in [0.2, 0.25) is 5.02 Å². The minimum Gasteiger partial charge on any atom is -0.376 e.